The number of para-hydroxylation sites is 2. The van der Waals surface area contributed by atoms with Gasteiger partial charge < -0.3 is 4.90 Å². The van der Waals surface area contributed by atoms with Crippen LogP contribution in [0, 0.1) is 5.41 Å². The van der Waals surface area contributed by atoms with Gasteiger partial charge in [-0.25, -0.2) is 0 Å². The van der Waals surface area contributed by atoms with Crippen LogP contribution in [0.4, 0.5) is 11.4 Å². The second kappa shape index (κ2) is 7.56. The molecular weight excluding hydrogens is 436 g/mol. The summed E-state index contributed by atoms with van der Waals surface area (Å²) in [4.78, 5) is 2.40. The summed E-state index contributed by atoms with van der Waals surface area (Å²) >= 11 is 0. The Morgan fingerprint density at radius 3 is 2.42 bits per heavy atom. The van der Waals surface area contributed by atoms with E-state index in [9.17, 15) is 0 Å². The maximum absolute atomic E-state index is 4.55. The lowest BCUT2D eigenvalue weighted by molar-refractivity contribution is -0.401. The van der Waals surface area contributed by atoms with Crippen molar-refractivity contribution in [1.29, 1.82) is 0 Å². The summed E-state index contributed by atoms with van der Waals surface area (Å²) in [7, 11) is 4.40. The van der Waals surface area contributed by atoms with Gasteiger partial charge in [0.05, 0.1) is 0 Å². The van der Waals surface area contributed by atoms with Crippen molar-refractivity contribution in [3.05, 3.63) is 119 Å². The molecule has 2 unspecified atom stereocenters. The zero-order valence-electron chi connectivity index (χ0n) is 22.5. The molecule has 2 atom stereocenters. The second-order valence-electron chi connectivity index (χ2n) is 12.0. The molecule has 2 heteroatoms. The zero-order valence-corrected chi connectivity index (χ0v) is 22.5. The van der Waals surface area contributed by atoms with Gasteiger partial charge in [-0.05, 0) is 61.0 Å². The van der Waals surface area contributed by atoms with Gasteiger partial charge in [0.2, 0.25) is 5.69 Å². The molecule has 2 aliphatic carbocycles. The molecule has 0 amide bonds. The topological polar surface area (TPSA) is 6.25 Å². The predicted octanol–water partition coefficient (Wildman–Crippen LogP) is 7.76. The fourth-order valence-electron chi connectivity index (χ4n) is 7.22. The first kappa shape index (κ1) is 23.0. The van der Waals surface area contributed by atoms with E-state index >= 15 is 0 Å². The van der Waals surface area contributed by atoms with Gasteiger partial charge in [0.15, 0.2) is 5.71 Å². The molecule has 0 saturated carbocycles. The normalized spacial score (nSPS) is 29.2. The van der Waals surface area contributed by atoms with Gasteiger partial charge in [-0.3, -0.25) is 0 Å². The number of likely N-dealkylation sites (N-methyl/N-ethyl adjacent to an activating group) is 1. The second-order valence-corrected chi connectivity index (χ2v) is 12.0. The zero-order chi connectivity index (χ0) is 25.5. The van der Waals surface area contributed by atoms with Crippen molar-refractivity contribution in [1.82, 2.24) is 0 Å². The lowest BCUT2D eigenvalue weighted by atomic mass is 9.57. The molecule has 36 heavy (non-hydrogen) atoms. The number of hydrogen-bond acceptors (Lipinski definition) is 1. The van der Waals surface area contributed by atoms with Crippen LogP contribution >= 0.6 is 0 Å². The average molecular weight is 474 g/mol. The van der Waals surface area contributed by atoms with E-state index in [4.69, 9.17) is 0 Å². The Morgan fingerprint density at radius 1 is 0.944 bits per heavy atom. The van der Waals surface area contributed by atoms with Crippen LogP contribution in [0.25, 0.3) is 0 Å². The van der Waals surface area contributed by atoms with Gasteiger partial charge in [0.25, 0.3) is 0 Å². The molecule has 6 rings (SSSR count). The molecule has 0 fully saturated rings. The van der Waals surface area contributed by atoms with Crippen molar-refractivity contribution in [2.24, 2.45) is 5.41 Å². The number of benzene rings is 2. The Bertz CT molecular complexity index is 1470. The molecule has 2 aliphatic heterocycles. The number of rotatable bonds is 2. The third-order valence-corrected chi connectivity index (χ3v) is 9.74. The van der Waals surface area contributed by atoms with Gasteiger partial charge in [-0.2, -0.15) is 4.58 Å². The van der Waals surface area contributed by atoms with Crippen molar-refractivity contribution in [3.8, 4) is 0 Å². The van der Waals surface area contributed by atoms with Gasteiger partial charge in [-0.15, -0.1) is 0 Å². The Morgan fingerprint density at radius 2 is 1.64 bits per heavy atom. The summed E-state index contributed by atoms with van der Waals surface area (Å²) in [5.41, 5.74) is 12.2. The van der Waals surface area contributed by atoms with Crippen LogP contribution < -0.4 is 4.90 Å². The average Bonchev–Trinajstić information content (AvgIpc) is 3.22. The van der Waals surface area contributed by atoms with E-state index in [2.05, 4.69) is 137 Å². The van der Waals surface area contributed by atoms with E-state index in [1.54, 1.807) is 0 Å². The Labute approximate surface area is 216 Å². The fourth-order valence-corrected chi connectivity index (χ4v) is 7.22. The number of fused-ring (bicyclic) bond motifs is 6. The van der Waals surface area contributed by atoms with E-state index in [0.29, 0.717) is 0 Å². The molecular formula is C34H37N2+. The predicted molar refractivity (Wildman–Crippen MR) is 152 cm³/mol. The quantitative estimate of drug-likeness (QED) is 0.319. The van der Waals surface area contributed by atoms with Crippen LogP contribution in [0.2, 0.25) is 0 Å². The number of hydrogen-bond donors (Lipinski definition) is 0. The lowest BCUT2D eigenvalue weighted by Crippen LogP contribution is -2.43. The third kappa shape index (κ3) is 2.88. The van der Waals surface area contributed by atoms with E-state index < -0.39 is 0 Å². The van der Waals surface area contributed by atoms with E-state index in [0.717, 1.165) is 12.8 Å². The van der Waals surface area contributed by atoms with Gasteiger partial charge in [0, 0.05) is 41.6 Å². The van der Waals surface area contributed by atoms with Crippen molar-refractivity contribution < 1.29 is 4.58 Å². The summed E-state index contributed by atoms with van der Waals surface area (Å²) < 4.78 is 2.34. The molecule has 0 aromatic heterocycles. The highest BCUT2D eigenvalue weighted by Gasteiger charge is 2.54. The molecule has 0 bridgehead atoms. The number of allylic oxidation sites excluding steroid dienone is 9. The Hall–Kier alpha value is -3.39. The molecule has 0 radical (unpaired) electrons. The summed E-state index contributed by atoms with van der Waals surface area (Å²) in [6.07, 6.45) is 13.6. The third-order valence-electron chi connectivity index (χ3n) is 9.74. The lowest BCUT2D eigenvalue weighted by Gasteiger charge is -2.47. The first-order chi connectivity index (χ1) is 17.1. The minimum absolute atomic E-state index is 0.0200. The monoisotopic (exact) mass is 473 g/mol. The highest BCUT2D eigenvalue weighted by molar-refractivity contribution is 6.07. The molecule has 2 nitrogen and oxygen atoms in total. The van der Waals surface area contributed by atoms with Crippen LogP contribution in [0.3, 0.4) is 0 Å². The molecule has 2 aromatic rings. The van der Waals surface area contributed by atoms with Crippen molar-refractivity contribution >= 4 is 17.1 Å². The summed E-state index contributed by atoms with van der Waals surface area (Å²) in [6, 6.07) is 17.6. The number of anilines is 1. The first-order valence-electron chi connectivity index (χ1n) is 13.1. The van der Waals surface area contributed by atoms with Gasteiger partial charge >= 0.3 is 0 Å². The maximum atomic E-state index is 4.55. The Kier molecular flexibility index (Phi) is 4.83. The number of nitrogens with zero attached hydrogens (tertiary/aromatic N) is 2. The van der Waals surface area contributed by atoms with Gasteiger partial charge in [-0.1, -0.05) is 80.6 Å². The largest absolute Gasteiger partial charge is 0.347 e. The van der Waals surface area contributed by atoms with E-state index in [-0.39, 0.29) is 16.2 Å². The SMILES string of the molecule is C=C1CC(/C=C/C=C2/C=C3N(C)c4ccccc4C3(C)C(C)(C)C2)=CC2=[N+](C)c3ccccc3C12C. The minimum atomic E-state index is -0.106. The van der Waals surface area contributed by atoms with Crippen LogP contribution in [-0.4, -0.2) is 24.4 Å². The van der Waals surface area contributed by atoms with Crippen molar-refractivity contribution in [2.45, 2.75) is 51.4 Å². The summed E-state index contributed by atoms with van der Waals surface area (Å²) in [5, 5.41) is 0. The molecule has 0 saturated heterocycles. The standard InChI is InChI=1S/C34H37N2/c1-23-19-24(20-30-33(23,4)26-15-8-10-17-28(26)35(30)6)13-12-14-25-21-31-34(5,32(2,3)22-25)27-16-9-11-18-29(27)36(31)7/h8-18,20-21H,1,19,22H2,2-7H3/q+1. The smallest absolute Gasteiger partial charge is 0.209 e. The highest BCUT2D eigenvalue weighted by Crippen LogP contribution is 2.60. The van der Waals surface area contributed by atoms with Crippen LogP contribution in [0.15, 0.2) is 108 Å². The van der Waals surface area contributed by atoms with E-state index in [1.165, 1.54) is 50.6 Å². The minimum Gasteiger partial charge on any atom is -0.347 e. The van der Waals surface area contributed by atoms with Crippen LogP contribution in [0.5, 0.6) is 0 Å². The van der Waals surface area contributed by atoms with Crippen LogP contribution in [0.1, 0.15) is 51.7 Å². The van der Waals surface area contributed by atoms with Crippen LogP contribution in [-0.2, 0) is 10.8 Å². The Balaban J connectivity index is 1.34. The van der Waals surface area contributed by atoms with Gasteiger partial charge in [0.1, 0.15) is 12.5 Å². The van der Waals surface area contributed by atoms with Crippen molar-refractivity contribution in [3.63, 3.8) is 0 Å². The van der Waals surface area contributed by atoms with Crippen molar-refractivity contribution in [2.75, 3.05) is 19.0 Å². The summed E-state index contributed by atoms with van der Waals surface area (Å²) in [5.74, 6) is 0. The fraction of sp³-hybridized carbons (Fsp3) is 0.324. The molecule has 4 aliphatic rings. The first-order valence-corrected chi connectivity index (χ1v) is 13.1. The maximum Gasteiger partial charge on any atom is 0.209 e. The molecule has 2 aromatic carbocycles. The molecule has 182 valence electrons. The summed E-state index contributed by atoms with van der Waals surface area (Å²) in [6.45, 7) is 14.2. The molecule has 2 heterocycles. The highest BCUT2D eigenvalue weighted by atomic mass is 15.2. The van der Waals surface area contributed by atoms with E-state index in [1.807, 2.05) is 0 Å². The molecule has 0 spiro atoms. The molecule has 0 N–H and O–H groups in total.